The van der Waals surface area contributed by atoms with E-state index in [9.17, 15) is 4.79 Å². The van der Waals surface area contributed by atoms with E-state index in [1.54, 1.807) is 6.07 Å². The Kier molecular flexibility index (Phi) is 5.79. The molecule has 0 heterocycles. The molecule has 0 saturated carbocycles. The molecule has 0 spiro atoms. The van der Waals surface area contributed by atoms with E-state index in [4.69, 9.17) is 4.89 Å². The van der Waals surface area contributed by atoms with Gasteiger partial charge >= 0.3 is 5.97 Å². The van der Waals surface area contributed by atoms with Crippen molar-refractivity contribution >= 4 is 35.5 Å². The molecule has 0 amide bonds. The smallest absolute Gasteiger partial charge is 0.287 e. The average Bonchev–Trinajstić information content (AvgIpc) is 2.03. The molecule has 13 heavy (non-hydrogen) atoms. The number of hydrogen-bond donors (Lipinski definition) is 0. The van der Waals surface area contributed by atoms with Gasteiger partial charge < -0.3 is 0 Å². The fourth-order valence-corrected chi connectivity index (χ4v) is 0.753. The van der Waals surface area contributed by atoms with Crippen molar-refractivity contribution < 1.29 is 14.6 Å². The second-order valence-corrected chi connectivity index (χ2v) is 2.42. The SMILES string of the molecule is CC(=O)OOc1ccccc1C.[Na]. The molecule has 0 aliphatic heterocycles. The van der Waals surface area contributed by atoms with Gasteiger partial charge in [0.2, 0.25) is 0 Å². The van der Waals surface area contributed by atoms with Crippen LogP contribution in [0, 0.1) is 6.92 Å². The topological polar surface area (TPSA) is 35.5 Å². The standard InChI is InChI=1S/C9H10O3.Na/c1-7-5-3-4-6-9(7)12-11-8(2)10;/h3-6H,1-2H3;. The van der Waals surface area contributed by atoms with Gasteiger partial charge in [-0.1, -0.05) is 18.2 Å². The first-order chi connectivity index (χ1) is 5.70. The Balaban J connectivity index is 0.00000144. The molecule has 0 N–H and O–H groups in total. The van der Waals surface area contributed by atoms with Crippen molar-refractivity contribution in [3.63, 3.8) is 0 Å². The van der Waals surface area contributed by atoms with Crippen molar-refractivity contribution in [3.8, 4) is 5.75 Å². The zero-order chi connectivity index (χ0) is 8.97. The third kappa shape index (κ3) is 4.31. The third-order valence-electron chi connectivity index (χ3n) is 1.34. The van der Waals surface area contributed by atoms with Crippen molar-refractivity contribution in [1.29, 1.82) is 0 Å². The average molecular weight is 189 g/mol. The molecule has 0 aliphatic carbocycles. The Labute approximate surface area is 99.3 Å². The number of hydrogen-bond acceptors (Lipinski definition) is 3. The van der Waals surface area contributed by atoms with Gasteiger partial charge in [-0.3, -0.25) is 9.78 Å². The van der Waals surface area contributed by atoms with Gasteiger partial charge in [0.15, 0.2) is 5.75 Å². The van der Waals surface area contributed by atoms with Crippen molar-refractivity contribution in [2.75, 3.05) is 0 Å². The molecule has 1 rings (SSSR count). The van der Waals surface area contributed by atoms with E-state index in [-0.39, 0.29) is 29.6 Å². The normalized spacial score (nSPS) is 8.46. The van der Waals surface area contributed by atoms with Crippen LogP contribution >= 0.6 is 0 Å². The van der Waals surface area contributed by atoms with Crippen LogP contribution in [-0.4, -0.2) is 35.5 Å². The van der Waals surface area contributed by atoms with Crippen LogP contribution in [0.25, 0.3) is 0 Å². The number of rotatable bonds is 2. The molecule has 0 atom stereocenters. The summed E-state index contributed by atoms with van der Waals surface area (Å²) in [6.07, 6.45) is 0. The molecule has 0 unspecified atom stereocenters. The van der Waals surface area contributed by atoms with Crippen LogP contribution < -0.4 is 4.89 Å². The minimum absolute atomic E-state index is 0. The largest absolute Gasteiger partial charge is 0.352 e. The minimum atomic E-state index is -0.460. The summed E-state index contributed by atoms with van der Waals surface area (Å²) in [6, 6.07) is 7.30. The van der Waals surface area contributed by atoms with E-state index in [0.29, 0.717) is 5.75 Å². The van der Waals surface area contributed by atoms with E-state index >= 15 is 0 Å². The maximum Gasteiger partial charge on any atom is 0.352 e. The zero-order valence-corrected chi connectivity index (χ0v) is 10.0. The zero-order valence-electron chi connectivity index (χ0n) is 8.03. The number of aryl methyl sites for hydroxylation is 1. The van der Waals surface area contributed by atoms with Crippen LogP contribution in [0.15, 0.2) is 24.3 Å². The first kappa shape index (κ1) is 12.5. The fourth-order valence-electron chi connectivity index (χ4n) is 0.753. The van der Waals surface area contributed by atoms with E-state index in [2.05, 4.69) is 4.89 Å². The Morgan fingerprint density at radius 2 is 1.92 bits per heavy atom. The molecule has 1 aromatic carbocycles. The van der Waals surface area contributed by atoms with Crippen LogP contribution in [-0.2, 0) is 9.68 Å². The summed E-state index contributed by atoms with van der Waals surface area (Å²) in [7, 11) is 0. The van der Waals surface area contributed by atoms with Crippen LogP contribution in [0.1, 0.15) is 12.5 Å². The first-order valence-corrected chi connectivity index (χ1v) is 3.61. The Morgan fingerprint density at radius 3 is 2.46 bits per heavy atom. The molecule has 65 valence electrons. The Hall–Kier alpha value is -0.510. The summed E-state index contributed by atoms with van der Waals surface area (Å²) >= 11 is 0. The quantitative estimate of drug-likeness (QED) is 0.401. The van der Waals surface area contributed by atoms with Gasteiger partial charge in [0.05, 0.1) is 0 Å². The second kappa shape index (κ2) is 6.02. The Morgan fingerprint density at radius 1 is 1.31 bits per heavy atom. The number of carbonyl (C=O) groups is 1. The third-order valence-corrected chi connectivity index (χ3v) is 1.34. The molecular formula is C9H10NaO3. The van der Waals surface area contributed by atoms with Gasteiger partial charge in [0.25, 0.3) is 0 Å². The number of carbonyl (C=O) groups excluding carboxylic acids is 1. The molecule has 3 nitrogen and oxygen atoms in total. The van der Waals surface area contributed by atoms with Gasteiger partial charge in [-0.05, 0) is 18.6 Å². The molecular weight excluding hydrogens is 179 g/mol. The minimum Gasteiger partial charge on any atom is -0.287 e. The summed E-state index contributed by atoms with van der Waals surface area (Å²) in [5.41, 5.74) is 0.929. The van der Waals surface area contributed by atoms with Crippen LogP contribution in [0.4, 0.5) is 0 Å². The van der Waals surface area contributed by atoms with Crippen molar-refractivity contribution in [2.45, 2.75) is 13.8 Å². The Bertz CT molecular complexity index is 286. The molecule has 0 aliphatic rings. The van der Waals surface area contributed by atoms with Crippen molar-refractivity contribution in [1.82, 2.24) is 0 Å². The van der Waals surface area contributed by atoms with E-state index < -0.39 is 5.97 Å². The van der Waals surface area contributed by atoms with E-state index in [1.165, 1.54) is 6.92 Å². The van der Waals surface area contributed by atoms with E-state index in [1.807, 2.05) is 25.1 Å². The van der Waals surface area contributed by atoms with Crippen molar-refractivity contribution in [2.24, 2.45) is 0 Å². The van der Waals surface area contributed by atoms with Gasteiger partial charge in [-0.2, -0.15) is 0 Å². The summed E-state index contributed by atoms with van der Waals surface area (Å²) in [6.45, 7) is 3.16. The maximum absolute atomic E-state index is 10.4. The van der Waals surface area contributed by atoms with Crippen LogP contribution in [0.5, 0.6) is 5.75 Å². The first-order valence-electron chi connectivity index (χ1n) is 3.61. The predicted molar refractivity (Wildman–Crippen MR) is 49.3 cm³/mol. The summed E-state index contributed by atoms with van der Waals surface area (Å²) in [5.74, 6) is 0.103. The van der Waals surface area contributed by atoms with Crippen LogP contribution in [0.3, 0.4) is 0 Å². The summed E-state index contributed by atoms with van der Waals surface area (Å²) < 4.78 is 0. The molecule has 0 bridgehead atoms. The number of para-hydroxylation sites is 1. The molecule has 1 radical (unpaired) electrons. The van der Waals surface area contributed by atoms with Gasteiger partial charge in [-0.25, -0.2) is 4.79 Å². The maximum atomic E-state index is 10.4. The fraction of sp³-hybridized carbons (Fsp3) is 0.222. The monoisotopic (exact) mass is 189 g/mol. The van der Waals surface area contributed by atoms with Gasteiger partial charge in [-0.15, -0.1) is 0 Å². The molecule has 0 aromatic heterocycles. The predicted octanol–water partition coefficient (Wildman–Crippen LogP) is 1.47. The second-order valence-electron chi connectivity index (χ2n) is 2.42. The molecule has 0 saturated heterocycles. The number of benzene rings is 1. The van der Waals surface area contributed by atoms with Gasteiger partial charge in [0.1, 0.15) is 0 Å². The summed E-state index contributed by atoms with van der Waals surface area (Å²) in [5, 5.41) is 0. The molecule has 1 aromatic rings. The molecule has 0 fully saturated rings. The molecule has 4 heteroatoms. The van der Waals surface area contributed by atoms with Crippen molar-refractivity contribution in [3.05, 3.63) is 29.8 Å². The summed E-state index contributed by atoms with van der Waals surface area (Å²) in [4.78, 5) is 19.5. The van der Waals surface area contributed by atoms with Crippen LogP contribution in [0.2, 0.25) is 0 Å². The van der Waals surface area contributed by atoms with Gasteiger partial charge in [0, 0.05) is 36.5 Å². The van der Waals surface area contributed by atoms with E-state index in [0.717, 1.165) is 5.56 Å².